The molecule has 1 saturated heterocycles. The Bertz CT molecular complexity index is 455. The standard InChI is InChI=1S/C13H15F2IN2/c14-12-10(16)1-2-11(13(12)15)18-9-3-7-5-17-6-8(7)4-9/h1-2,7-9,17-18H,3-6H2/t7-,8+,9-. The summed E-state index contributed by atoms with van der Waals surface area (Å²) in [6.07, 6.45) is 2.09. The molecule has 1 saturated carbocycles. The molecular formula is C13H15F2IN2. The molecule has 1 aromatic carbocycles. The molecule has 2 fully saturated rings. The van der Waals surface area contributed by atoms with E-state index in [2.05, 4.69) is 10.6 Å². The number of hydrogen-bond acceptors (Lipinski definition) is 2. The first-order valence-corrected chi connectivity index (χ1v) is 7.33. The maximum atomic E-state index is 13.8. The van der Waals surface area contributed by atoms with Gasteiger partial charge in [0.25, 0.3) is 0 Å². The Balaban J connectivity index is 1.72. The number of hydrogen-bond donors (Lipinski definition) is 2. The highest BCUT2D eigenvalue weighted by molar-refractivity contribution is 14.1. The van der Waals surface area contributed by atoms with Crippen molar-refractivity contribution in [2.45, 2.75) is 18.9 Å². The van der Waals surface area contributed by atoms with Crippen molar-refractivity contribution in [3.63, 3.8) is 0 Å². The summed E-state index contributed by atoms with van der Waals surface area (Å²) in [6.45, 7) is 2.12. The van der Waals surface area contributed by atoms with Crippen molar-refractivity contribution in [1.29, 1.82) is 0 Å². The minimum Gasteiger partial charge on any atom is -0.380 e. The molecule has 1 aromatic rings. The van der Waals surface area contributed by atoms with Gasteiger partial charge in [0.1, 0.15) is 0 Å². The van der Waals surface area contributed by atoms with Gasteiger partial charge in [-0.3, -0.25) is 0 Å². The molecule has 98 valence electrons. The van der Waals surface area contributed by atoms with Crippen LogP contribution < -0.4 is 10.6 Å². The second-order valence-electron chi connectivity index (χ2n) is 5.21. The fourth-order valence-corrected chi connectivity index (χ4v) is 3.56. The van der Waals surface area contributed by atoms with Crippen molar-refractivity contribution in [2.24, 2.45) is 11.8 Å². The molecule has 0 aromatic heterocycles. The quantitative estimate of drug-likeness (QED) is 0.623. The molecule has 3 atom stereocenters. The van der Waals surface area contributed by atoms with Crippen molar-refractivity contribution in [1.82, 2.24) is 5.32 Å². The van der Waals surface area contributed by atoms with Gasteiger partial charge >= 0.3 is 0 Å². The molecule has 18 heavy (non-hydrogen) atoms. The first-order chi connectivity index (χ1) is 8.65. The average molecular weight is 364 g/mol. The number of rotatable bonds is 2. The van der Waals surface area contributed by atoms with Gasteiger partial charge in [0.2, 0.25) is 0 Å². The molecule has 1 heterocycles. The lowest BCUT2D eigenvalue weighted by molar-refractivity contribution is 0.494. The molecule has 1 aliphatic carbocycles. The van der Waals surface area contributed by atoms with E-state index in [0.29, 0.717) is 21.1 Å². The van der Waals surface area contributed by atoms with Gasteiger partial charge < -0.3 is 10.6 Å². The largest absolute Gasteiger partial charge is 0.380 e. The van der Waals surface area contributed by atoms with Crippen LogP contribution in [-0.4, -0.2) is 19.1 Å². The maximum absolute atomic E-state index is 13.8. The molecule has 2 aliphatic rings. The van der Waals surface area contributed by atoms with E-state index in [-0.39, 0.29) is 6.04 Å². The highest BCUT2D eigenvalue weighted by atomic mass is 127. The first-order valence-electron chi connectivity index (χ1n) is 6.26. The summed E-state index contributed by atoms with van der Waals surface area (Å²) < 4.78 is 27.5. The number of anilines is 1. The third-order valence-electron chi connectivity index (χ3n) is 4.05. The van der Waals surface area contributed by atoms with Crippen LogP contribution in [0, 0.1) is 27.0 Å². The smallest absolute Gasteiger partial charge is 0.182 e. The summed E-state index contributed by atoms with van der Waals surface area (Å²) in [5.41, 5.74) is 0.297. The minimum atomic E-state index is -0.753. The lowest BCUT2D eigenvalue weighted by Crippen LogP contribution is -2.21. The molecule has 0 bridgehead atoms. The molecular weight excluding hydrogens is 349 g/mol. The summed E-state index contributed by atoms with van der Waals surface area (Å²) in [5, 5.41) is 6.53. The third kappa shape index (κ3) is 2.22. The van der Waals surface area contributed by atoms with E-state index in [1.807, 2.05) is 0 Å². The topological polar surface area (TPSA) is 24.1 Å². The van der Waals surface area contributed by atoms with Gasteiger partial charge in [0, 0.05) is 6.04 Å². The summed E-state index contributed by atoms with van der Waals surface area (Å²) in [5.74, 6) is -0.115. The molecule has 1 aliphatic heterocycles. The maximum Gasteiger partial charge on any atom is 0.182 e. The second-order valence-corrected chi connectivity index (χ2v) is 6.38. The molecule has 2 nitrogen and oxygen atoms in total. The third-order valence-corrected chi connectivity index (χ3v) is 4.88. The zero-order valence-electron chi connectivity index (χ0n) is 9.85. The van der Waals surface area contributed by atoms with E-state index in [0.717, 1.165) is 25.9 Å². The van der Waals surface area contributed by atoms with Crippen LogP contribution in [0.5, 0.6) is 0 Å². The predicted molar refractivity (Wildman–Crippen MR) is 75.6 cm³/mol. The van der Waals surface area contributed by atoms with Crippen LogP contribution in [0.2, 0.25) is 0 Å². The van der Waals surface area contributed by atoms with Crippen molar-refractivity contribution in [3.05, 3.63) is 27.3 Å². The van der Waals surface area contributed by atoms with E-state index < -0.39 is 11.6 Å². The molecule has 0 radical (unpaired) electrons. The van der Waals surface area contributed by atoms with E-state index >= 15 is 0 Å². The minimum absolute atomic E-state index is 0.274. The molecule has 0 spiro atoms. The molecule has 0 amide bonds. The fraction of sp³-hybridized carbons (Fsp3) is 0.538. The lowest BCUT2D eigenvalue weighted by Gasteiger charge is -2.16. The highest BCUT2D eigenvalue weighted by Gasteiger charge is 2.37. The molecule has 2 N–H and O–H groups in total. The second kappa shape index (κ2) is 4.92. The Kier molecular flexibility index (Phi) is 3.44. The SMILES string of the molecule is Fc1c(I)ccc(N[C@H]2C[C@H]3CNC[C@H]3C2)c1F. The Morgan fingerprint density at radius 2 is 1.78 bits per heavy atom. The van der Waals surface area contributed by atoms with Crippen molar-refractivity contribution >= 4 is 28.3 Å². The van der Waals surface area contributed by atoms with Crippen LogP contribution in [0.4, 0.5) is 14.5 Å². The van der Waals surface area contributed by atoms with Crippen molar-refractivity contribution in [3.8, 4) is 0 Å². The number of fused-ring (bicyclic) bond motifs is 1. The summed E-state index contributed by atoms with van der Waals surface area (Å²) in [4.78, 5) is 0. The average Bonchev–Trinajstić information content (AvgIpc) is 2.90. The van der Waals surface area contributed by atoms with E-state index in [1.165, 1.54) is 0 Å². The molecule has 3 rings (SSSR count). The Hall–Kier alpha value is -0.430. The van der Waals surface area contributed by atoms with Crippen LogP contribution in [0.15, 0.2) is 12.1 Å². The van der Waals surface area contributed by atoms with Gasteiger partial charge in [-0.1, -0.05) is 0 Å². The lowest BCUT2D eigenvalue weighted by atomic mass is 10.0. The van der Waals surface area contributed by atoms with Crippen LogP contribution in [0.3, 0.4) is 0 Å². The number of halogens is 3. The molecule has 0 unspecified atom stereocenters. The Labute approximate surface area is 119 Å². The first kappa shape index (κ1) is 12.6. The highest BCUT2D eigenvalue weighted by Crippen LogP contribution is 2.36. The van der Waals surface area contributed by atoms with Gasteiger partial charge in [0.05, 0.1) is 9.26 Å². The Morgan fingerprint density at radius 1 is 1.11 bits per heavy atom. The van der Waals surface area contributed by atoms with Gasteiger partial charge in [0.15, 0.2) is 11.6 Å². The summed E-state index contributed by atoms with van der Waals surface area (Å²) >= 11 is 1.80. The van der Waals surface area contributed by atoms with Crippen LogP contribution in [0.25, 0.3) is 0 Å². The summed E-state index contributed by atoms with van der Waals surface area (Å²) in [6, 6.07) is 3.52. The normalized spacial score (nSPS) is 30.5. The van der Waals surface area contributed by atoms with Crippen molar-refractivity contribution < 1.29 is 8.78 Å². The van der Waals surface area contributed by atoms with Crippen molar-refractivity contribution in [2.75, 3.05) is 18.4 Å². The van der Waals surface area contributed by atoms with Crippen LogP contribution in [-0.2, 0) is 0 Å². The van der Waals surface area contributed by atoms with E-state index in [4.69, 9.17) is 0 Å². The monoisotopic (exact) mass is 364 g/mol. The molecule has 5 heteroatoms. The van der Waals surface area contributed by atoms with E-state index in [9.17, 15) is 8.78 Å². The zero-order valence-corrected chi connectivity index (χ0v) is 12.0. The zero-order chi connectivity index (χ0) is 12.7. The number of benzene rings is 1. The van der Waals surface area contributed by atoms with Crippen LogP contribution in [0.1, 0.15) is 12.8 Å². The van der Waals surface area contributed by atoms with Crippen LogP contribution >= 0.6 is 22.6 Å². The Morgan fingerprint density at radius 3 is 2.44 bits per heavy atom. The predicted octanol–water partition coefficient (Wildman–Crippen LogP) is 2.98. The summed E-state index contributed by atoms with van der Waals surface area (Å²) in [7, 11) is 0. The van der Waals surface area contributed by atoms with Gasteiger partial charge in [-0.2, -0.15) is 0 Å². The van der Waals surface area contributed by atoms with Gasteiger partial charge in [-0.05, 0) is 72.5 Å². The number of nitrogens with one attached hydrogen (secondary N) is 2. The van der Waals surface area contributed by atoms with Gasteiger partial charge in [-0.15, -0.1) is 0 Å². The van der Waals surface area contributed by atoms with Gasteiger partial charge in [-0.25, -0.2) is 8.78 Å². The van der Waals surface area contributed by atoms with E-state index in [1.54, 1.807) is 34.7 Å². The fourth-order valence-electron chi connectivity index (χ4n) is 3.14.